The van der Waals surface area contributed by atoms with E-state index in [4.69, 9.17) is 14.7 Å². The first-order chi connectivity index (χ1) is 14.9. The highest BCUT2D eigenvalue weighted by Crippen LogP contribution is 2.37. The zero-order valence-electron chi connectivity index (χ0n) is 18.0. The van der Waals surface area contributed by atoms with Crippen LogP contribution in [0.25, 0.3) is 0 Å². The summed E-state index contributed by atoms with van der Waals surface area (Å²) in [5.41, 5.74) is 2.36. The maximum Gasteiger partial charge on any atom is 0.243 e. The van der Waals surface area contributed by atoms with E-state index < -0.39 is 15.7 Å². The molecule has 2 heterocycles. The van der Waals surface area contributed by atoms with E-state index in [-0.39, 0.29) is 0 Å². The molecule has 0 N–H and O–H groups in total. The highest BCUT2D eigenvalue weighted by molar-refractivity contribution is 8.15. The Morgan fingerprint density at radius 2 is 1.68 bits per heavy atom. The van der Waals surface area contributed by atoms with Crippen LogP contribution in [0, 0.1) is 6.92 Å². The molecule has 4 rings (SSSR count). The van der Waals surface area contributed by atoms with Crippen molar-refractivity contribution >= 4 is 32.5 Å². The molecule has 2 aliphatic heterocycles. The number of aliphatic imine (C=N–C) groups is 2. The number of aryl methyl sites for hydroxylation is 1. The number of nitrogens with zero attached hydrogens (tertiary/aromatic N) is 3. The first kappa shape index (κ1) is 22.0. The van der Waals surface area contributed by atoms with Gasteiger partial charge in [-0.25, -0.2) is 13.4 Å². The normalized spacial score (nSPS) is 18.7. The lowest BCUT2D eigenvalue weighted by Crippen LogP contribution is -2.44. The highest BCUT2D eigenvalue weighted by atomic mass is 32.2. The molecule has 2 aromatic rings. The summed E-state index contributed by atoms with van der Waals surface area (Å²) < 4.78 is 32.9. The van der Waals surface area contributed by atoms with Gasteiger partial charge in [-0.3, -0.25) is 4.99 Å². The first-order valence-electron chi connectivity index (χ1n) is 10.4. The zero-order valence-corrected chi connectivity index (χ0v) is 19.7. The summed E-state index contributed by atoms with van der Waals surface area (Å²) in [6.45, 7) is 4.86. The van der Waals surface area contributed by atoms with Gasteiger partial charge >= 0.3 is 0 Å². The SMILES string of the molecule is CCSC1=NC2(CCN(S(=O)(=O)c3ccc(C)cc3)CC2)N=C1c1ccc(OC)cc1. The predicted molar refractivity (Wildman–Crippen MR) is 127 cm³/mol. The van der Waals surface area contributed by atoms with E-state index in [1.807, 2.05) is 43.3 Å². The topological polar surface area (TPSA) is 71.3 Å². The number of hydrogen-bond donors (Lipinski definition) is 0. The third-order valence-electron chi connectivity index (χ3n) is 5.66. The molecule has 1 fully saturated rings. The summed E-state index contributed by atoms with van der Waals surface area (Å²) in [4.78, 5) is 10.4. The monoisotopic (exact) mass is 457 g/mol. The van der Waals surface area contributed by atoms with E-state index in [1.165, 1.54) is 0 Å². The van der Waals surface area contributed by atoms with Gasteiger partial charge in [-0.2, -0.15) is 4.31 Å². The number of sulfonamides is 1. The molecule has 0 aliphatic carbocycles. The lowest BCUT2D eigenvalue weighted by Gasteiger charge is -2.34. The largest absolute Gasteiger partial charge is 0.497 e. The van der Waals surface area contributed by atoms with Crippen molar-refractivity contribution in [2.75, 3.05) is 26.0 Å². The molecule has 0 amide bonds. The van der Waals surface area contributed by atoms with Gasteiger partial charge in [0.05, 0.1) is 17.7 Å². The number of benzene rings is 2. The van der Waals surface area contributed by atoms with Crippen molar-refractivity contribution < 1.29 is 13.2 Å². The van der Waals surface area contributed by atoms with Gasteiger partial charge in [-0.05, 0) is 49.1 Å². The van der Waals surface area contributed by atoms with Crippen molar-refractivity contribution in [2.24, 2.45) is 9.98 Å². The first-order valence-corrected chi connectivity index (χ1v) is 12.8. The molecule has 0 bridgehead atoms. The van der Waals surface area contributed by atoms with Crippen LogP contribution >= 0.6 is 11.8 Å². The molecule has 0 radical (unpaired) electrons. The molecule has 31 heavy (non-hydrogen) atoms. The van der Waals surface area contributed by atoms with Crippen molar-refractivity contribution in [3.05, 3.63) is 59.7 Å². The van der Waals surface area contributed by atoms with Crippen molar-refractivity contribution in [2.45, 2.75) is 37.2 Å². The summed E-state index contributed by atoms with van der Waals surface area (Å²) in [7, 11) is -1.86. The van der Waals surface area contributed by atoms with Crippen LogP contribution in [0.5, 0.6) is 5.75 Å². The summed E-state index contributed by atoms with van der Waals surface area (Å²) in [6, 6.07) is 14.9. The zero-order chi connectivity index (χ0) is 22.1. The molecule has 1 saturated heterocycles. The number of rotatable bonds is 5. The smallest absolute Gasteiger partial charge is 0.243 e. The van der Waals surface area contributed by atoms with Crippen LogP contribution in [0.3, 0.4) is 0 Å². The van der Waals surface area contributed by atoms with Gasteiger partial charge in [0.1, 0.15) is 10.8 Å². The van der Waals surface area contributed by atoms with Crippen molar-refractivity contribution in [1.29, 1.82) is 0 Å². The van der Waals surface area contributed by atoms with Gasteiger partial charge < -0.3 is 4.74 Å². The third-order valence-corrected chi connectivity index (χ3v) is 8.42. The minimum atomic E-state index is -3.50. The van der Waals surface area contributed by atoms with E-state index in [2.05, 4.69) is 6.92 Å². The van der Waals surface area contributed by atoms with Crippen molar-refractivity contribution in [3.8, 4) is 5.75 Å². The van der Waals surface area contributed by atoms with E-state index >= 15 is 0 Å². The Morgan fingerprint density at radius 3 is 2.26 bits per heavy atom. The fourth-order valence-electron chi connectivity index (χ4n) is 3.86. The van der Waals surface area contributed by atoms with Crippen LogP contribution < -0.4 is 4.74 Å². The molecule has 0 aromatic heterocycles. The van der Waals surface area contributed by atoms with Crippen LogP contribution in [0.2, 0.25) is 0 Å². The Labute approximate surface area is 188 Å². The van der Waals surface area contributed by atoms with Gasteiger partial charge in [0.15, 0.2) is 5.66 Å². The minimum absolute atomic E-state index is 0.341. The van der Waals surface area contributed by atoms with E-state index in [1.54, 1.807) is 35.3 Å². The fourth-order valence-corrected chi connectivity index (χ4v) is 6.11. The molecular weight excluding hydrogens is 430 g/mol. The standard InChI is InChI=1S/C23H27N3O3S2/c1-4-30-22-21(18-7-9-19(29-3)10-8-18)24-23(25-22)13-15-26(16-14-23)31(27,28)20-11-5-17(2)6-12-20/h5-12H,4,13-16H2,1-3H3. The van der Waals surface area contributed by atoms with Crippen molar-refractivity contribution in [3.63, 3.8) is 0 Å². The third kappa shape index (κ3) is 4.42. The summed E-state index contributed by atoms with van der Waals surface area (Å²) in [5, 5.41) is 0.933. The molecule has 164 valence electrons. The molecule has 1 spiro atoms. The molecule has 2 aliphatic rings. The van der Waals surface area contributed by atoms with Gasteiger partial charge in [0, 0.05) is 31.5 Å². The number of methoxy groups -OCH3 is 1. The average molecular weight is 458 g/mol. The van der Waals surface area contributed by atoms with E-state index in [0.29, 0.717) is 30.8 Å². The number of thioether (sulfide) groups is 1. The van der Waals surface area contributed by atoms with Crippen LogP contribution in [0.4, 0.5) is 0 Å². The van der Waals surface area contributed by atoms with Gasteiger partial charge in [-0.1, -0.05) is 24.6 Å². The summed E-state index contributed by atoms with van der Waals surface area (Å²) in [6.07, 6.45) is 1.15. The molecule has 6 nitrogen and oxygen atoms in total. The lowest BCUT2D eigenvalue weighted by atomic mass is 10.00. The maximum absolute atomic E-state index is 13.1. The lowest BCUT2D eigenvalue weighted by molar-refractivity contribution is 0.249. The van der Waals surface area contributed by atoms with E-state index in [0.717, 1.165) is 33.4 Å². The van der Waals surface area contributed by atoms with Crippen LogP contribution in [-0.4, -0.2) is 55.1 Å². The average Bonchev–Trinajstić information content (AvgIpc) is 3.12. The number of piperidine rings is 1. The number of ether oxygens (including phenoxy) is 1. The van der Waals surface area contributed by atoms with Crippen LogP contribution in [0.1, 0.15) is 30.9 Å². The second-order valence-electron chi connectivity index (χ2n) is 7.74. The molecule has 0 saturated carbocycles. The Kier molecular flexibility index (Phi) is 6.23. The summed E-state index contributed by atoms with van der Waals surface area (Å²) >= 11 is 1.68. The second-order valence-corrected chi connectivity index (χ2v) is 10.9. The van der Waals surface area contributed by atoms with E-state index in [9.17, 15) is 8.42 Å². The Morgan fingerprint density at radius 1 is 1.03 bits per heavy atom. The molecule has 0 atom stereocenters. The van der Waals surface area contributed by atoms with Crippen LogP contribution in [0.15, 0.2) is 63.4 Å². The Hall–Kier alpha value is -2.16. The molecule has 0 unspecified atom stereocenters. The molecule has 8 heteroatoms. The highest BCUT2D eigenvalue weighted by Gasteiger charge is 2.42. The number of hydrogen-bond acceptors (Lipinski definition) is 6. The van der Waals surface area contributed by atoms with Crippen LogP contribution in [-0.2, 0) is 10.0 Å². The Bertz CT molecular complexity index is 1100. The minimum Gasteiger partial charge on any atom is -0.497 e. The van der Waals surface area contributed by atoms with Gasteiger partial charge in [0.2, 0.25) is 10.0 Å². The van der Waals surface area contributed by atoms with Gasteiger partial charge in [0.25, 0.3) is 0 Å². The quantitative estimate of drug-likeness (QED) is 0.677. The van der Waals surface area contributed by atoms with Gasteiger partial charge in [-0.15, -0.1) is 11.8 Å². The second kappa shape index (κ2) is 8.76. The molecular formula is C23H27N3O3S2. The fraction of sp³-hybridized carbons (Fsp3) is 0.391. The predicted octanol–water partition coefficient (Wildman–Crippen LogP) is 4.14. The molecule has 2 aromatic carbocycles. The maximum atomic E-state index is 13.1. The Balaban J connectivity index is 1.56. The summed E-state index contributed by atoms with van der Waals surface area (Å²) in [5.74, 6) is 1.70. The van der Waals surface area contributed by atoms with Crippen molar-refractivity contribution in [1.82, 2.24) is 4.31 Å².